The Labute approximate surface area is 115 Å². The number of rotatable bonds is 3. The summed E-state index contributed by atoms with van der Waals surface area (Å²) in [7, 11) is 0. The van der Waals surface area contributed by atoms with Crippen LogP contribution in [0, 0.1) is 0 Å². The minimum Gasteiger partial charge on any atom is -0.386 e. The zero-order valence-electron chi connectivity index (χ0n) is 10.2. The number of aliphatic hydroxyl groups is 1. The Balaban J connectivity index is 1.93. The van der Waals surface area contributed by atoms with Crippen molar-refractivity contribution < 1.29 is 5.11 Å². The Kier molecular flexibility index (Phi) is 2.99. The minimum atomic E-state index is -0.489. The van der Waals surface area contributed by atoms with Gasteiger partial charge in [0.1, 0.15) is 6.10 Å². The third-order valence-electron chi connectivity index (χ3n) is 3.69. The topological polar surface area (TPSA) is 38.0 Å². The van der Waals surface area contributed by atoms with Crippen molar-refractivity contribution in [3.63, 3.8) is 0 Å². The van der Waals surface area contributed by atoms with Crippen molar-refractivity contribution >= 4 is 15.9 Å². The molecule has 3 rings (SSSR count). The first-order valence-electron chi connectivity index (χ1n) is 6.19. The molecule has 1 N–H and O–H groups in total. The number of fused-ring (bicyclic) bond motifs is 1. The molecule has 2 unspecified atom stereocenters. The zero-order chi connectivity index (χ0) is 12.7. The van der Waals surface area contributed by atoms with Gasteiger partial charge in [-0.3, -0.25) is 4.68 Å². The number of aliphatic hydroxyl groups excluding tert-OH is 1. The predicted octanol–water partition coefficient (Wildman–Crippen LogP) is 3.04. The standard InChI is InChI=1S/C14H15BrN2O/c1-2-17-13(12(15)8-16-17)14(18)11-7-9-5-3-4-6-10(9)11/h3-6,8,11,14,18H,2,7H2,1H3. The van der Waals surface area contributed by atoms with E-state index in [4.69, 9.17) is 0 Å². The number of halogens is 1. The van der Waals surface area contributed by atoms with Gasteiger partial charge in [0.05, 0.1) is 16.4 Å². The van der Waals surface area contributed by atoms with E-state index in [1.165, 1.54) is 11.1 Å². The van der Waals surface area contributed by atoms with Crippen LogP contribution in [0.1, 0.15) is 35.8 Å². The lowest BCUT2D eigenvalue weighted by Crippen LogP contribution is -2.25. The summed E-state index contributed by atoms with van der Waals surface area (Å²) in [5.41, 5.74) is 3.50. The second-order valence-electron chi connectivity index (χ2n) is 4.65. The largest absolute Gasteiger partial charge is 0.386 e. The second kappa shape index (κ2) is 4.52. The van der Waals surface area contributed by atoms with E-state index in [2.05, 4.69) is 33.2 Å². The predicted molar refractivity (Wildman–Crippen MR) is 73.4 cm³/mol. The van der Waals surface area contributed by atoms with Gasteiger partial charge < -0.3 is 5.11 Å². The van der Waals surface area contributed by atoms with Gasteiger partial charge in [-0.2, -0.15) is 5.10 Å². The quantitative estimate of drug-likeness (QED) is 0.946. The van der Waals surface area contributed by atoms with E-state index in [-0.39, 0.29) is 5.92 Å². The Bertz CT molecular complexity index is 579. The third-order valence-corrected chi connectivity index (χ3v) is 4.30. The maximum atomic E-state index is 10.6. The highest BCUT2D eigenvalue weighted by molar-refractivity contribution is 9.10. The van der Waals surface area contributed by atoms with Crippen LogP contribution < -0.4 is 0 Å². The van der Waals surface area contributed by atoms with Gasteiger partial charge >= 0.3 is 0 Å². The van der Waals surface area contributed by atoms with Crippen LogP contribution in [-0.4, -0.2) is 14.9 Å². The average Bonchev–Trinajstić information content (AvgIpc) is 2.72. The molecule has 18 heavy (non-hydrogen) atoms. The number of aryl methyl sites for hydroxylation is 1. The molecule has 1 heterocycles. The highest BCUT2D eigenvalue weighted by atomic mass is 79.9. The first kappa shape index (κ1) is 11.9. The van der Waals surface area contributed by atoms with Gasteiger partial charge in [-0.05, 0) is 40.4 Å². The molecule has 0 radical (unpaired) electrons. The van der Waals surface area contributed by atoms with E-state index in [1.807, 2.05) is 23.7 Å². The van der Waals surface area contributed by atoms with E-state index < -0.39 is 6.10 Å². The minimum absolute atomic E-state index is 0.194. The molecule has 0 fully saturated rings. The Morgan fingerprint density at radius 2 is 2.28 bits per heavy atom. The van der Waals surface area contributed by atoms with Crippen LogP contribution in [0.5, 0.6) is 0 Å². The van der Waals surface area contributed by atoms with Crippen molar-refractivity contribution in [2.75, 3.05) is 0 Å². The molecule has 1 aromatic heterocycles. The van der Waals surface area contributed by atoms with E-state index in [1.54, 1.807) is 6.20 Å². The van der Waals surface area contributed by atoms with Crippen LogP contribution >= 0.6 is 15.9 Å². The fraction of sp³-hybridized carbons (Fsp3) is 0.357. The van der Waals surface area contributed by atoms with Crippen molar-refractivity contribution in [1.29, 1.82) is 0 Å². The lowest BCUT2D eigenvalue weighted by atomic mass is 9.74. The number of hydrogen-bond donors (Lipinski definition) is 1. The normalized spacial score (nSPS) is 19.2. The maximum absolute atomic E-state index is 10.6. The number of benzene rings is 1. The molecule has 0 saturated carbocycles. The molecule has 3 nitrogen and oxygen atoms in total. The summed E-state index contributed by atoms with van der Waals surface area (Å²) in [5.74, 6) is 0.194. The Hall–Kier alpha value is -1.13. The SMILES string of the molecule is CCn1ncc(Br)c1C(O)C1Cc2ccccc21. The van der Waals surface area contributed by atoms with Gasteiger partial charge in [-0.25, -0.2) is 0 Å². The van der Waals surface area contributed by atoms with Crippen LogP contribution in [0.15, 0.2) is 34.9 Å². The average molecular weight is 307 g/mol. The molecule has 1 aromatic carbocycles. The summed E-state index contributed by atoms with van der Waals surface area (Å²) in [6.07, 6.45) is 2.21. The lowest BCUT2D eigenvalue weighted by molar-refractivity contribution is 0.124. The summed E-state index contributed by atoms with van der Waals surface area (Å²) in [6, 6.07) is 8.31. The number of hydrogen-bond acceptors (Lipinski definition) is 2. The van der Waals surface area contributed by atoms with Crippen molar-refractivity contribution in [2.45, 2.75) is 31.9 Å². The van der Waals surface area contributed by atoms with Gasteiger partial charge in [-0.1, -0.05) is 24.3 Å². The van der Waals surface area contributed by atoms with E-state index in [0.717, 1.165) is 23.1 Å². The van der Waals surface area contributed by atoms with Crippen LogP contribution in [0.4, 0.5) is 0 Å². The molecule has 94 valence electrons. The molecule has 0 bridgehead atoms. The monoisotopic (exact) mass is 306 g/mol. The molecular formula is C14H15BrN2O. The fourth-order valence-corrected chi connectivity index (χ4v) is 3.22. The van der Waals surface area contributed by atoms with Gasteiger partial charge in [0.2, 0.25) is 0 Å². The van der Waals surface area contributed by atoms with Crippen molar-refractivity contribution in [3.05, 3.63) is 51.8 Å². The number of nitrogens with zero attached hydrogens (tertiary/aromatic N) is 2. The summed E-state index contributed by atoms with van der Waals surface area (Å²) in [6.45, 7) is 2.80. The van der Waals surface area contributed by atoms with Gasteiger partial charge in [0.15, 0.2) is 0 Å². The van der Waals surface area contributed by atoms with Crippen LogP contribution in [-0.2, 0) is 13.0 Å². The smallest absolute Gasteiger partial charge is 0.104 e. The highest BCUT2D eigenvalue weighted by Crippen LogP contribution is 2.44. The molecule has 2 atom stereocenters. The maximum Gasteiger partial charge on any atom is 0.104 e. The molecular weight excluding hydrogens is 292 g/mol. The Morgan fingerprint density at radius 1 is 1.50 bits per heavy atom. The van der Waals surface area contributed by atoms with Crippen molar-refractivity contribution in [2.24, 2.45) is 0 Å². The van der Waals surface area contributed by atoms with Crippen molar-refractivity contribution in [3.8, 4) is 0 Å². The van der Waals surface area contributed by atoms with Gasteiger partial charge in [0, 0.05) is 12.5 Å². The molecule has 0 saturated heterocycles. The highest BCUT2D eigenvalue weighted by Gasteiger charge is 2.35. The van der Waals surface area contributed by atoms with E-state index >= 15 is 0 Å². The summed E-state index contributed by atoms with van der Waals surface area (Å²) in [5, 5.41) is 14.8. The van der Waals surface area contributed by atoms with E-state index in [9.17, 15) is 5.11 Å². The molecule has 2 aromatic rings. The van der Waals surface area contributed by atoms with Gasteiger partial charge in [-0.15, -0.1) is 0 Å². The number of aromatic nitrogens is 2. The van der Waals surface area contributed by atoms with Gasteiger partial charge in [0.25, 0.3) is 0 Å². The second-order valence-corrected chi connectivity index (χ2v) is 5.50. The Morgan fingerprint density at radius 3 is 3.00 bits per heavy atom. The molecule has 0 aliphatic heterocycles. The zero-order valence-corrected chi connectivity index (χ0v) is 11.8. The van der Waals surface area contributed by atoms with Crippen LogP contribution in [0.3, 0.4) is 0 Å². The first-order valence-corrected chi connectivity index (χ1v) is 6.98. The van der Waals surface area contributed by atoms with Crippen LogP contribution in [0.2, 0.25) is 0 Å². The molecule has 4 heteroatoms. The third kappa shape index (κ3) is 1.71. The van der Waals surface area contributed by atoms with E-state index in [0.29, 0.717) is 0 Å². The molecule has 1 aliphatic rings. The summed E-state index contributed by atoms with van der Waals surface area (Å²) in [4.78, 5) is 0. The first-order chi connectivity index (χ1) is 8.72. The summed E-state index contributed by atoms with van der Waals surface area (Å²) < 4.78 is 2.75. The fourth-order valence-electron chi connectivity index (χ4n) is 2.69. The molecule has 0 spiro atoms. The van der Waals surface area contributed by atoms with Crippen LogP contribution in [0.25, 0.3) is 0 Å². The molecule has 1 aliphatic carbocycles. The van der Waals surface area contributed by atoms with Crippen molar-refractivity contribution in [1.82, 2.24) is 9.78 Å². The molecule has 0 amide bonds. The summed E-state index contributed by atoms with van der Waals surface area (Å²) >= 11 is 3.48. The lowest BCUT2D eigenvalue weighted by Gasteiger charge is -2.34.